The second kappa shape index (κ2) is 8.37. The Labute approximate surface area is 147 Å². The van der Waals surface area contributed by atoms with Crippen LogP contribution in [0.3, 0.4) is 0 Å². The molecule has 0 heterocycles. The summed E-state index contributed by atoms with van der Waals surface area (Å²) in [5, 5.41) is 10.4. The Morgan fingerprint density at radius 2 is 1.54 bits per heavy atom. The molecule has 129 valence electrons. The van der Waals surface area contributed by atoms with Crippen LogP contribution in [-0.4, -0.2) is 5.11 Å². The molecule has 1 atom stereocenters. The van der Waals surface area contributed by atoms with E-state index in [0.717, 1.165) is 18.4 Å². The van der Waals surface area contributed by atoms with Crippen molar-refractivity contribution in [2.45, 2.75) is 53.4 Å². The zero-order valence-electron chi connectivity index (χ0n) is 15.7. The SMILES string of the molecule is Cc1ccc(O)c([C@H](CC[C](C(C)C)C(C)C)c2ccccc2)c1. The van der Waals surface area contributed by atoms with Crippen LogP contribution in [0.25, 0.3) is 0 Å². The molecular formula is C23H31O. The summed E-state index contributed by atoms with van der Waals surface area (Å²) in [4.78, 5) is 0. The van der Waals surface area contributed by atoms with E-state index in [-0.39, 0.29) is 5.92 Å². The molecule has 2 aromatic rings. The minimum absolute atomic E-state index is 0.235. The van der Waals surface area contributed by atoms with Crippen LogP contribution >= 0.6 is 0 Å². The standard InChI is InChI=1S/C23H31O/c1-16(2)20(17(3)4)12-13-21(19-9-7-6-8-10-19)22-15-18(5)11-14-23(22)24/h6-11,14-17,21,24H,12-13H2,1-5H3/t21-/m1/s1. The highest BCUT2D eigenvalue weighted by molar-refractivity contribution is 5.43. The molecule has 2 aromatic carbocycles. The second-order valence-corrected chi connectivity index (χ2v) is 7.45. The summed E-state index contributed by atoms with van der Waals surface area (Å²) in [6.07, 6.45) is 2.13. The summed E-state index contributed by atoms with van der Waals surface area (Å²) in [5.41, 5.74) is 3.53. The minimum Gasteiger partial charge on any atom is -0.508 e. The second-order valence-electron chi connectivity index (χ2n) is 7.45. The van der Waals surface area contributed by atoms with Gasteiger partial charge in [0.15, 0.2) is 0 Å². The Morgan fingerprint density at radius 1 is 0.917 bits per heavy atom. The van der Waals surface area contributed by atoms with Gasteiger partial charge in [0.05, 0.1) is 0 Å². The van der Waals surface area contributed by atoms with E-state index in [1.54, 1.807) is 5.92 Å². The smallest absolute Gasteiger partial charge is 0.119 e. The number of benzene rings is 2. The summed E-state index contributed by atoms with van der Waals surface area (Å²) in [6.45, 7) is 11.2. The van der Waals surface area contributed by atoms with E-state index < -0.39 is 0 Å². The highest BCUT2D eigenvalue weighted by Crippen LogP contribution is 2.38. The summed E-state index contributed by atoms with van der Waals surface area (Å²) in [7, 11) is 0. The van der Waals surface area contributed by atoms with Gasteiger partial charge in [0.1, 0.15) is 5.75 Å². The lowest BCUT2D eigenvalue weighted by Crippen LogP contribution is -2.15. The maximum Gasteiger partial charge on any atom is 0.119 e. The van der Waals surface area contributed by atoms with Crippen LogP contribution in [0, 0.1) is 24.7 Å². The maximum atomic E-state index is 10.4. The molecular weight excluding hydrogens is 292 g/mol. The van der Waals surface area contributed by atoms with Gasteiger partial charge in [0.25, 0.3) is 0 Å². The Morgan fingerprint density at radius 3 is 2.12 bits per heavy atom. The molecule has 2 rings (SSSR count). The quantitative estimate of drug-likeness (QED) is 0.616. The summed E-state index contributed by atoms with van der Waals surface area (Å²) in [5.74, 6) is 3.46. The van der Waals surface area contributed by atoms with Crippen LogP contribution in [0.5, 0.6) is 5.75 Å². The van der Waals surface area contributed by atoms with Crippen LogP contribution in [-0.2, 0) is 0 Å². The van der Waals surface area contributed by atoms with Crippen LogP contribution in [0.15, 0.2) is 48.5 Å². The average Bonchev–Trinajstić information content (AvgIpc) is 2.54. The fourth-order valence-corrected chi connectivity index (χ4v) is 3.70. The molecule has 0 unspecified atom stereocenters. The van der Waals surface area contributed by atoms with Crippen molar-refractivity contribution in [3.05, 3.63) is 71.1 Å². The lowest BCUT2D eigenvalue weighted by atomic mass is 9.77. The van der Waals surface area contributed by atoms with E-state index in [1.165, 1.54) is 11.1 Å². The normalized spacial score (nSPS) is 13.0. The van der Waals surface area contributed by atoms with Gasteiger partial charge in [-0.2, -0.15) is 0 Å². The first kappa shape index (κ1) is 18.6. The topological polar surface area (TPSA) is 20.2 Å². The lowest BCUT2D eigenvalue weighted by molar-refractivity contribution is 0.444. The molecule has 0 fully saturated rings. The molecule has 1 heteroatoms. The molecule has 0 aliphatic carbocycles. The predicted molar refractivity (Wildman–Crippen MR) is 103 cm³/mol. The maximum absolute atomic E-state index is 10.4. The van der Waals surface area contributed by atoms with Crippen molar-refractivity contribution in [2.24, 2.45) is 11.8 Å². The van der Waals surface area contributed by atoms with Gasteiger partial charge >= 0.3 is 0 Å². The molecule has 0 spiro atoms. The fraction of sp³-hybridized carbons (Fsp3) is 0.435. The molecule has 1 N–H and O–H groups in total. The molecule has 0 saturated heterocycles. The molecule has 0 saturated carbocycles. The summed E-state index contributed by atoms with van der Waals surface area (Å²) < 4.78 is 0. The van der Waals surface area contributed by atoms with Crippen molar-refractivity contribution < 1.29 is 5.11 Å². The third-order valence-corrected chi connectivity index (χ3v) is 4.97. The predicted octanol–water partition coefficient (Wildman–Crippen LogP) is 6.50. The number of aryl methyl sites for hydroxylation is 1. The molecule has 0 bridgehead atoms. The number of aromatic hydroxyl groups is 1. The molecule has 1 radical (unpaired) electrons. The number of hydrogen-bond acceptors (Lipinski definition) is 1. The number of rotatable bonds is 7. The van der Waals surface area contributed by atoms with Gasteiger partial charge in [-0.05, 0) is 49.1 Å². The van der Waals surface area contributed by atoms with E-state index in [1.807, 2.05) is 12.1 Å². The van der Waals surface area contributed by atoms with Crippen molar-refractivity contribution in [2.75, 3.05) is 0 Å². The number of phenols is 1. The number of phenolic OH excluding ortho intramolecular Hbond substituents is 1. The highest BCUT2D eigenvalue weighted by Gasteiger charge is 2.23. The zero-order chi connectivity index (χ0) is 17.7. The Hall–Kier alpha value is -1.76. The van der Waals surface area contributed by atoms with Gasteiger partial charge in [0.2, 0.25) is 0 Å². The molecule has 0 amide bonds. The Balaban J connectivity index is 2.32. The zero-order valence-corrected chi connectivity index (χ0v) is 15.7. The van der Waals surface area contributed by atoms with E-state index in [2.05, 4.69) is 71.0 Å². The van der Waals surface area contributed by atoms with Crippen LogP contribution in [0.4, 0.5) is 0 Å². The van der Waals surface area contributed by atoms with Crippen molar-refractivity contribution in [1.29, 1.82) is 0 Å². The molecule has 0 aliphatic heterocycles. The Kier molecular flexibility index (Phi) is 6.48. The summed E-state index contributed by atoms with van der Waals surface area (Å²) >= 11 is 0. The van der Waals surface area contributed by atoms with Crippen LogP contribution in [0.2, 0.25) is 0 Å². The largest absolute Gasteiger partial charge is 0.508 e. The van der Waals surface area contributed by atoms with Crippen molar-refractivity contribution in [3.8, 4) is 5.75 Å². The van der Waals surface area contributed by atoms with E-state index >= 15 is 0 Å². The van der Waals surface area contributed by atoms with Gasteiger partial charge in [-0.15, -0.1) is 0 Å². The third-order valence-electron chi connectivity index (χ3n) is 4.97. The van der Waals surface area contributed by atoms with Crippen molar-refractivity contribution in [3.63, 3.8) is 0 Å². The van der Waals surface area contributed by atoms with E-state index in [4.69, 9.17) is 0 Å². The van der Waals surface area contributed by atoms with Gasteiger partial charge < -0.3 is 5.11 Å². The lowest BCUT2D eigenvalue weighted by Gasteiger charge is -2.27. The number of hydrogen-bond donors (Lipinski definition) is 1. The monoisotopic (exact) mass is 323 g/mol. The Bertz CT molecular complexity index is 620. The van der Waals surface area contributed by atoms with Gasteiger partial charge in [-0.1, -0.05) is 75.7 Å². The summed E-state index contributed by atoms with van der Waals surface area (Å²) in [6, 6.07) is 16.5. The minimum atomic E-state index is 0.235. The molecule has 0 aliphatic rings. The van der Waals surface area contributed by atoms with Gasteiger partial charge in [-0.3, -0.25) is 0 Å². The van der Waals surface area contributed by atoms with E-state index in [9.17, 15) is 5.11 Å². The highest BCUT2D eigenvalue weighted by atomic mass is 16.3. The van der Waals surface area contributed by atoms with E-state index in [0.29, 0.717) is 17.6 Å². The van der Waals surface area contributed by atoms with Crippen molar-refractivity contribution in [1.82, 2.24) is 0 Å². The first-order valence-corrected chi connectivity index (χ1v) is 9.10. The van der Waals surface area contributed by atoms with Gasteiger partial charge in [-0.25, -0.2) is 0 Å². The first-order chi connectivity index (χ1) is 11.4. The fourth-order valence-electron chi connectivity index (χ4n) is 3.70. The van der Waals surface area contributed by atoms with Crippen molar-refractivity contribution >= 4 is 0 Å². The van der Waals surface area contributed by atoms with Crippen LogP contribution < -0.4 is 0 Å². The third kappa shape index (κ3) is 4.63. The van der Waals surface area contributed by atoms with Gasteiger partial charge in [0, 0.05) is 11.5 Å². The molecule has 0 aromatic heterocycles. The van der Waals surface area contributed by atoms with Crippen LogP contribution in [0.1, 0.15) is 63.1 Å². The molecule has 1 nitrogen and oxygen atoms in total. The molecule has 24 heavy (non-hydrogen) atoms. The first-order valence-electron chi connectivity index (χ1n) is 9.10. The average molecular weight is 324 g/mol.